The molecule has 0 radical (unpaired) electrons. The highest BCUT2D eigenvalue weighted by molar-refractivity contribution is 6.41. The lowest BCUT2D eigenvalue weighted by atomic mass is 9.96. The van der Waals surface area contributed by atoms with E-state index in [1.807, 2.05) is 25.7 Å². The van der Waals surface area contributed by atoms with Gasteiger partial charge in [0.25, 0.3) is 0 Å². The van der Waals surface area contributed by atoms with Gasteiger partial charge in [0.2, 0.25) is 0 Å². The van der Waals surface area contributed by atoms with Crippen LogP contribution in [0.1, 0.15) is 53.4 Å². The Morgan fingerprint density at radius 1 is 1.23 bits per heavy atom. The fourth-order valence-electron chi connectivity index (χ4n) is 3.14. The molecule has 2 aliphatic heterocycles. The van der Waals surface area contributed by atoms with Crippen molar-refractivity contribution in [3.05, 3.63) is 10.6 Å². The highest BCUT2D eigenvalue weighted by atomic mass is 35.5. The van der Waals surface area contributed by atoms with Gasteiger partial charge < -0.3 is 14.4 Å². The molecule has 2 aliphatic rings. The van der Waals surface area contributed by atoms with Crippen LogP contribution in [-0.4, -0.2) is 41.3 Å². The van der Waals surface area contributed by atoms with Crippen LogP contribution in [0.25, 0.3) is 0 Å². The largest absolute Gasteiger partial charge is 0.462 e. The van der Waals surface area contributed by atoms with Crippen LogP contribution in [0.3, 0.4) is 0 Å². The first-order chi connectivity index (χ1) is 10.2. The van der Waals surface area contributed by atoms with Gasteiger partial charge in [0.05, 0.1) is 6.61 Å². The number of carbonyl (C=O) groups is 2. The van der Waals surface area contributed by atoms with Crippen molar-refractivity contribution in [2.24, 2.45) is 0 Å². The van der Waals surface area contributed by atoms with Gasteiger partial charge in [0, 0.05) is 12.1 Å². The lowest BCUT2D eigenvalue weighted by Crippen LogP contribution is -2.47. The molecule has 0 aromatic rings. The summed E-state index contributed by atoms with van der Waals surface area (Å²) in [6.07, 6.45) is 2.80. The molecule has 22 heavy (non-hydrogen) atoms. The Hall–Kier alpha value is -1.23. The average Bonchev–Trinajstić information content (AvgIpc) is 2.67. The second kappa shape index (κ2) is 6.49. The van der Waals surface area contributed by atoms with Gasteiger partial charge in [-0.2, -0.15) is 0 Å². The van der Waals surface area contributed by atoms with Crippen LogP contribution in [0.15, 0.2) is 10.6 Å². The Kier molecular flexibility index (Phi) is 5.05. The number of halogens is 1. The lowest BCUT2D eigenvalue weighted by Gasteiger charge is -2.37. The Balaban J connectivity index is 2.10. The number of hydrogen-bond donors (Lipinski definition) is 0. The van der Waals surface area contributed by atoms with Gasteiger partial charge in [-0.3, -0.25) is 0 Å². The van der Waals surface area contributed by atoms with E-state index in [1.54, 1.807) is 6.92 Å². The van der Waals surface area contributed by atoms with Crippen LogP contribution >= 0.6 is 11.6 Å². The number of rotatable bonds is 2. The Bertz CT molecular complexity index is 479. The first-order valence-corrected chi connectivity index (χ1v) is 8.16. The molecular weight excluding hydrogens is 306 g/mol. The Morgan fingerprint density at radius 3 is 2.23 bits per heavy atom. The minimum Gasteiger partial charge on any atom is -0.462 e. The van der Waals surface area contributed by atoms with Crippen LogP contribution < -0.4 is 0 Å². The Morgan fingerprint density at radius 2 is 1.77 bits per heavy atom. The minimum absolute atomic E-state index is 0.0618. The zero-order valence-corrected chi connectivity index (χ0v) is 14.4. The van der Waals surface area contributed by atoms with Crippen molar-refractivity contribution in [2.75, 3.05) is 6.61 Å². The van der Waals surface area contributed by atoms with Crippen LogP contribution in [0.2, 0.25) is 0 Å². The van der Waals surface area contributed by atoms with Crippen LogP contribution in [-0.2, 0) is 14.3 Å². The Labute approximate surface area is 136 Å². The van der Waals surface area contributed by atoms with E-state index in [-0.39, 0.29) is 23.2 Å². The van der Waals surface area contributed by atoms with E-state index in [2.05, 4.69) is 0 Å². The molecular formula is C16H24ClNO4. The van der Waals surface area contributed by atoms with E-state index in [0.29, 0.717) is 19.4 Å². The summed E-state index contributed by atoms with van der Waals surface area (Å²) < 4.78 is 10.4. The fourth-order valence-corrected chi connectivity index (χ4v) is 3.35. The molecule has 2 bridgehead atoms. The fraction of sp³-hybridized carbons (Fsp3) is 0.750. The van der Waals surface area contributed by atoms with Gasteiger partial charge >= 0.3 is 12.1 Å². The molecule has 2 unspecified atom stereocenters. The summed E-state index contributed by atoms with van der Waals surface area (Å²) in [7, 11) is 0. The highest BCUT2D eigenvalue weighted by Gasteiger charge is 2.44. The van der Waals surface area contributed by atoms with Crippen molar-refractivity contribution in [1.82, 2.24) is 4.90 Å². The molecule has 1 amide bonds. The molecule has 124 valence electrons. The van der Waals surface area contributed by atoms with Gasteiger partial charge in [-0.15, -0.1) is 0 Å². The van der Waals surface area contributed by atoms with Gasteiger partial charge in [-0.05, 0) is 59.0 Å². The maximum absolute atomic E-state index is 12.4. The number of amides is 1. The summed E-state index contributed by atoms with van der Waals surface area (Å²) in [5, 5.41) is 0.183. The van der Waals surface area contributed by atoms with Gasteiger partial charge in [-0.1, -0.05) is 11.6 Å². The molecule has 2 rings (SSSR count). The van der Waals surface area contributed by atoms with E-state index in [1.165, 1.54) is 0 Å². The molecule has 2 atom stereocenters. The highest BCUT2D eigenvalue weighted by Crippen LogP contribution is 2.41. The first kappa shape index (κ1) is 17.1. The number of fused-ring (bicyclic) bond motifs is 2. The first-order valence-electron chi connectivity index (χ1n) is 7.79. The smallest absolute Gasteiger partial charge is 0.410 e. The van der Waals surface area contributed by atoms with Crippen molar-refractivity contribution in [2.45, 2.75) is 71.1 Å². The molecule has 0 aliphatic carbocycles. The van der Waals surface area contributed by atoms with Crippen LogP contribution in [0.4, 0.5) is 4.79 Å². The maximum atomic E-state index is 12.4. The summed E-state index contributed by atoms with van der Waals surface area (Å²) in [5.74, 6) is -0.468. The number of nitrogens with zero attached hydrogens (tertiary/aromatic N) is 1. The minimum atomic E-state index is -0.505. The second-order valence-electron chi connectivity index (χ2n) is 6.82. The van der Waals surface area contributed by atoms with Gasteiger partial charge in [0.15, 0.2) is 0 Å². The summed E-state index contributed by atoms with van der Waals surface area (Å²) in [5.41, 5.74) is 0.391. The molecule has 2 heterocycles. The lowest BCUT2D eigenvalue weighted by molar-refractivity contribution is -0.137. The van der Waals surface area contributed by atoms with Crippen LogP contribution in [0.5, 0.6) is 0 Å². The molecule has 0 N–H and O–H groups in total. The monoisotopic (exact) mass is 329 g/mol. The van der Waals surface area contributed by atoms with Crippen molar-refractivity contribution < 1.29 is 19.1 Å². The van der Waals surface area contributed by atoms with Crippen LogP contribution in [0, 0.1) is 0 Å². The zero-order valence-electron chi connectivity index (χ0n) is 13.6. The quantitative estimate of drug-likeness (QED) is 0.573. The van der Waals surface area contributed by atoms with Gasteiger partial charge in [0.1, 0.15) is 10.6 Å². The SMILES string of the molecule is CCOC(=O)C(Cl)=C1CC2CCC(C1)N2C(=O)OC(C)(C)C. The predicted molar refractivity (Wildman–Crippen MR) is 83.6 cm³/mol. The normalized spacial score (nSPS) is 24.2. The summed E-state index contributed by atoms with van der Waals surface area (Å²) in [6, 6.07) is 0.124. The van der Waals surface area contributed by atoms with E-state index in [4.69, 9.17) is 21.1 Å². The molecule has 2 fully saturated rings. The van der Waals surface area contributed by atoms with Gasteiger partial charge in [-0.25, -0.2) is 9.59 Å². The molecule has 6 heteroatoms. The third kappa shape index (κ3) is 3.75. The number of hydrogen-bond acceptors (Lipinski definition) is 4. The van der Waals surface area contributed by atoms with Crippen molar-refractivity contribution >= 4 is 23.7 Å². The van der Waals surface area contributed by atoms with E-state index >= 15 is 0 Å². The predicted octanol–water partition coefficient (Wildman–Crippen LogP) is 3.60. The molecule has 5 nitrogen and oxygen atoms in total. The third-order valence-corrected chi connectivity index (χ3v) is 4.37. The van der Waals surface area contributed by atoms with Crippen molar-refractivity contribution in [3.63, 3.8) is 0 Å². The summed E-state index contributed by atoms with van der Waals surface area (Å²) >= 11 is 6.15. The molecule has 0 aromatic carbocycles. The number of carbonyl (C=O) groups excluding carboxylic acids is 2. The molecule has 0 spiro atoms. The number of ether oxygens (including phenoxy) is 2. The summed E-state index contributed by atoms with van der Waals surface area (Å²) in [6.45, 7) is 7.64. The zero-order chi connectivity index (χ0) is 16.5. The third-order valence-electron chi connectivity index (χ3n) is 3.95. The second-order valence-corrected chi connectivity index (χ2v) is 7.20. The molecule has 0 aromatic heterocycles. The topological polar surface area (TPSA) is 55.8 Å². The van der Waals surface area contributed by atoms with E-state index < -0.39 is 11.6 Å². The van der Waals surface area contributed by atoms with Crippen molar-refractivity contribution in [3.8, 4) is 0 Å². The number of esters is 1. The number of piperidine rings is 1. The molecule has 0 saturated carbocycles. The van der Waals surface area contributed by atoms with E-state index in [9.17, 15) is 9.59 Å². The van der Waals surface area contributed by atoms with E-state index in [0.717, 1.165) is 18.4 Å². The average molecular weight is 330 g/mol. The summed E-state index contributed by atoms with van der Waals surface area (Å²) in [4.78, 5) is 25.9. The maximum Gasteiger partial charge on any atom is 0.410 e. The van der Waals surface area contributed by atoms with Crippen molar-refractivity contribution in [1.29, 1.82) is 0 Å². The standard InChI is InChI=1S/C16H24ClNO4/c1-5-21-14(19)13(17)10-8-11-6-7-12(9-10)18(11)15(20)22-16(2,3)4/h11-12H,5-9H2,1-4H3. The molecule has 2 saturated heterocycles.